The third-order valence-electron chi connectivity index (χ3n) is 4.50. The predicted octanol–water partition coefficient (Wildman–Crippen LogP) is 2.46. The van der Waals surface area contributed by atoms with Crippen LogP contribution in [0, 0.1) is 17.8 Å². The molecule has 22 heavy (non-hydrogen) atoms. The molecule has 0 amide bonds. The monoisotopic (exact) mass is 328 g/mol. The third kappa shape index (κ3) is 5.04. The second-order valence-corrected chi connectivity index (χ2v) is 9.17. The van der Waals surface area contributed by atoms with Crippen LogP contribution in [-0.4, -0.2) is 34.4 Å². The van der Waals surface area contributed by atoms with Gasteiger partial charge in [-0.15, -0.1) is 5.10 Å². The number of tetrazole rings is 1. The molecule has 0 aromatic carbocycles. The Kier molecular flexibility index (Phi) is 5.94. The molecule has 0 N–H and O–H groups in total. The fourth-order valence-corrected chi connectivity index (χ4v) is 5.11. The van der Waals surface area contributed by atoms with E-state index in [2.05, 4.69) is 29.4 Å². The van der Waals surface area contributed by atoms with Gasteiger partial charge in [0.2, 0.25) is 0 Å². The number of aryl methyl sites for hydroxylation is 1. The van der Waals surface area contributed by atoms with Gasteiger partial charge in [-0.2, -0.15) is 0 Å². The molecule has 6 nitrogen and oxygen atoms in total. The zero-order valence-corrected chi connectivity index (χ0v) is 14.7. The summed E-state index contributed by atoms with van der Waals surface area (Å²) in [5.41, 5.74) is 0. The Morgan fingerprint density at radius 3 is 2.50 bits per heavy atom. The summed E-state index contributed by atoms with van der Waals surface area (Å²) in [5.74, 6) is 2.64. The van der Waals surface area contributed by atoms with Crippen molar-refractivity contribution in [2.24, 2.45) is 17.8 Å². The average molecular weight is 328 g/mol. The highest BCUT2D eigenvalue weighted by atomic mass is 32.2. The maximum absolute atomic E-state index is 12.4. The lowest BCUT2D eigenvalue weighted by Gasteiger charge is -2.31. The first-order chi connectivity index (χ1) is 10.4. The normalized spacial score (nSPS) is 26.2. The molecule has 7 heteroatoms. The molecular formula is C15H28N4O2S. The first-order valence-electron chi connectivity index (χ1n) is 8.35. The molecule has 2 rings (SSSR count). The molecule has 1 aliphatic carbocycles. The molecule has 1 fully saturated rings. The molecule has 1 aliphatic rings. The van der Waals surface area contributed by atoms with Crippen LogP contribution in [0.3, 0.4) is 0 Å². The fourth-order valence-electron chi connectivity index (χ4n) is 3.68. The average Bonchev–Trinajstić information content (AvgIpc) is 2.83. The van der Waals surface area contributed by atoms with E-state index in [1.807, 2.05) is 6.92 Å². The minimum Gasteiger partial charge on any atom is -0.229 e. The Hall–Kier alpha value is -0.980. The maximum atomic E-state index is 12.4. The molecule has 0 radical (unpaired) electrons. The van der Waals surface area contributed by atoms with Crippen molar-refractivity contribution in [2.45, 2.75) is 65.2 Å². The minimum atomic E-state index is -3.14. The van der Waals surface area contributed by atoms with Gasteiger partial charge >= 0.3 is 0 Å². The van der Waals surface area contributed by atoms with E-state index in [1.54, 1.807) is 4.68 Å². The lowest BCUT2D eigenvalue weighted by Crippen LogP contribution is -2.23. The molecule has 2 unspecified atom stereocenters. The highest BCUT2D eigenvalue weighted by Crippen LogP contribution is 2.34. The Morgan fingerprint density at radius 2 is 1.86 bits per heavy atom. The van der Waals surface area contributed by atoms with Crippen molar-refractivity contribution >= 4 is 9.84 Å². The lowest BCUT2D eigenvalue weighted by molar-refractivity contribution is 0.215. The molecule has 1 saturated carbocycles. The van der Waals surface area contributed by atoms with Crippen molar-refractivity contribution in [3.8, 4) is 0 Å². The number of hydrogen-bond acceptors (Lipinski definition) is 5. The molecule has 1 aromatic heterocycles. The van der Waals surface area contributed by atoms with Gasteiger partial charge in [-0.05, 0) is 60.3 Å². The Bertz CT molecular complexity index is 560. The van der Waals surface area contributed by atoms with Crippen molar-refractivity contribution in [3.05, 3.63) is 5.82 Å². The minimum absolute atomic E-state index is 0.0438. The van der Waals surface area contributed by atoms with E-state index in [0.29, 0.717) is 30.1 Å². The van der Waals surface area contributed by atoms with Crippen LogP contribution in [0.4, 0.5) is 0 Å². The van der Waals surface area contributed by atoms with E-state index in [9.17, 15) is 8.42 Å². The molecule has 0 spiro atoms. The topological polar surface area (TPSA) is 77.7 Å². The summed E-state index contributed by atoms with van der Waals surface area (Å²) in [6, 6.07) is 0. The maximum Gasteiger partial charge on any atom is 0.166 e. The number of aromatic nitrogens is 4. The molecule has 1 aromatic rings. The highest BCUT2D eigenvalue weighted by molar-refractivity contribution is 7.90. The Morgan fingerprint density at radius 1 is 1.18 bits per heavy atom. The van der Waals surface area contributed by atoms with Gasteiger partial charge in [-0.1, -0.05) is 20.8 Å². The van der Waals surface area contributed by atoms with Gasteiger partial charge in [-0.3, -0.25) is 0 Å². The standard InChI is InChI=1S/C15H28N4O2S/c1-4-6-19-15(16-17-18-19)11-22(20,21)7-5-14-9-12(2)8-13(3)10-14/h12-14H,4-11H2,1-3H3. The fraction of sp³-hybridized carbons (Fsp3) is 0.933. The molecule has 1 heterocycles. The van der Waals surface area contributed by atoms with Crippen molar-refractivity contribution in [1.29, 1.82) is 0 Å². The van der Waals surface area contributed by atoms with Gasteiger partial charge in [0.25, 0.3) is 0 Å². The van der Waals surface area contributed by atoms with Crippen LogP contribution >= 0.6 is 0 Å². The van der Waals surface area contributed by atoms with E-state index in [4.69, 9.17) is 0 Å². The van der Waals surface area contributed by atoms with Crippen molar-refractivity contribution in [3.63, 3.8) is 0 Å². The van der Waals surface area contributed by atoms with Crippen LogP contribution in [0.1, 0.15) is 58.7 Å². The summed E-state index contributed by atoms with van der Waals surface area (Å²) >= 11 is 0. The second kappa shape index (κ2) is 7.53. The zero-order valence-electron chi connectivity index (χ0n) is 13.9. The predicted molar refractivity (Wildman–Crippen MR) is 85.9 cm³/mol. The molecule has 0 saturated heterocycles. The summed E-state index contributed by atoms with van der Waals surface area (Å²) in [4.78, 5) is 0. The van der Waals surface area contributed by atoms with Gasteiger partial charge < -0.3 is 0 Å². The van der Waals surface area contributed by atoms with E-state index in [-0.39, 0.29) is 11.5 Å². The van der Waals surface area contributed by atoms with Crippen molar-refractivity contribution in [2.75, 3.05) is 5.75 Å². The van der Waals surface area contributed by atoms with E-state index in [1.165, 1.54) is 6.42 Å². The Balaban J connectivity index is 1.89. The molecule has 0 bridgehead atoms. The van der Waals surface area contributed by atoms with Crippen LogP contribution < -0.4 is 0 Å². The molecule has 0 aliphatic heterocycles. The van der Waals surface area contributed by atoms with Crippen molar-refractivity contribution < 1.29 is 8.42 Å². The van der Waals surface area contributed by atoms with Gasteiger partial charge in [0, 0.05) is 6.54 Å². The van der Waals surface area contributed by atoms with Crippen LogP contribution in [0.15, 0.2) is 0 Å². The van der Waals surface area contributed by atoms with E-state index >= 15 is 0 Å². The van der Waals surface area contributed by atoms with Gasteiger partial charge in [0.05, 0.1) is 5.75 Å². The Labute approximate surface area is 133 Å². The van der Waals surface area contributed by atoms with Gasteiger partial charge in [0.1, 0.15) is 5.75 Å². The highest BCUT2D eigenvalue weighted by Gasteiger charge is 2.26. The zero-order chi connectivity index (χ0) is 16.2. The van der Waals surface area contributed by atoms with Crippen molar-refractivity contribution in [1.82, 2.24) is 20.2 Å². The van der Waals surface area contributed by atoms with Crippen LogP contribution in [0.5, 0.6) is 0 Å². The summed E-state index contributed by atoms with van der Waals surface area (Å²) in [5, 5.41) is 11.3. The quantitative estimate of drug-likeness (QED) is 0.768. The molecular weight excluding hydrogens is 300 g/mol. The summed E-state index contributed by atoms with van der Waals surface area (Å²) in [7, 11) is -3.14. The first kappa shape index (κ1) is 17.4. The molecule has 126 valence electrons. The third-order valence-corrected chi connectivity index (χ3v) is 6.06. The van der Waals surface area contributed by atoms with Crippen LogP contribution in [0.2, 0.25) is 0 Å². The van der Waals surface area contributed by atoms with E-state index < -0.39 is 9.84 Å². The van der Waals surface area contributed by atoms with E-state index in [0.717, 1.165) is 25.7 Å². The summed E-state index contributed by atoms with van der Waals surface area (Å²) in [6.45, 7) is 7.23. The van der Waals surface area contributed by atoms with Crippen LogP contribution in [-0.2, 0) is 22.1 Å². The number of nitrogens with zero attached hydrogens (tertiary/aromatic N) is 4. The number of hydrogen-bond donors (Lipinski definition) is 0. The SMILES string of the molecule is CCCn1nnnc1CS(=O)(=O)CCC1CC(C)CC(C)C1. The largest absolute Gasteiger partial charge is 0.229 e. The first-order valence-corrected chi connectivity index (χ1v) is 10.2. The van der Waals surface area contributed by atoms with Gasteiger partial charge in [0.15, 0.2) is 15.7 Å². The number of rotatable bonds is 7. The molecule has 2 atom stereocenters. The van der Waals surface area contributed by atoms with Gasteiger partial charge in [-0.25, -0.2) is 13.1 Å². The summed E-state index contributed by atoms with van der Waals surface area (Å²) < 4.78 is 26.3. The number of sulfone groups is 1. The summed E-state index contributed by atoms with van der Waals surface area (Å²) in [6.07, 6.45) is 5.25. The lowest BCUT2D eigenvalue weighted by atomic mass is 9.76. The van der Waals surface area contributed by atoms with Crippen LogP contribution in [0.25, 0.3) is 0 Å². The smallest absolute Gasteiger partial charge is 0.166 e. The second-order valence-electron chi connectivity index (χ2n) is 6.98.